The molecule has 9 nitrogen and oxygen atoms in total. The zero-order valence-corrected chi connectivity index (χ0v) is 19.0. The minimum atomic E-state index is -3.70. The van der Waals surface area contributed by atoms with Crippen LogP contribution in [0.5, 0.6) is 17.2 Å². The van der Waals surface area contributed by atoms with Crippen molar-refractivity contribution in [1.29, 1.82) is 0 Å². The Labute approximate surface area is 192 Å². The summed E-state index contributed by atoms with van der Waals surface area (Å²) in [4.78, 5) is 15.4. The van der Waals surface area contributed by atoms with Crippen LogP contribution in [0.15, 0.2) is 41.3 Å². The SMILES string of the molecule is O=C(Oc1ccc2c(c1)OCO2)c1cc(S(=O)(=O)N2CCCCC2)ccc1N1CCOCC1. The molecule has 0 amide bonds. The molecule has 0 unspecified atom stereocenters. The summed E-state index contributed by atoms with van der Waals surface area (Å²) in [7, 11) is -3.70. The number of carbonyl (C=O) groups is 1. The summed E-state index contributed by atoms with van der Waals surface area (Å²) in [5, 5.41) is 0. The van der Waals surface area contributed by atoms with Gasteiger partial charge in [-0.15, -0.1) is 0 Å². The van der Waals surface area contributed by atoms with E-state index < -0.39 is 16.0 Å². The summed E-state index contributed by atoms with van der Waals surface area (Å²) in [6.45, 7) is 3.36. The molecule has 0 spiro atoms. The van der Waals surface area contributed by atoms with E-state index in [1.807, 2.05) is 4.90 Å². The van der Waals surface area contributed by atoms with Gasteiger partial charge in [0.25, 0.3) is 0 Å². The number of hydrogen-bond donors (Lipinski definition) is 0. The lowest BCUT2D eigenvalue weighted by Crippen LogP contribution is -2.38. The van der Waals surface area contributed by atoms with E-state index in [0.29, 0.717) is 62.3 Å². The molecule has 3 heterocycles. The molecule has 0 aliphatic carbocycles. The van der Waals surface area contributed by atoms with Gasteiger partial charge in [-0.25, -0.2) is 13.2 Å². The first-order valence-corrected chi connectivity index (χ1v) is 12.6. The highest BCUT2D eigenvalue weighted by Crippen LogP contribution is 2.36. The zero-order valence-electron chi connectivity index (χ0n) is 18.2. The van der Waals surface area contributed by atoms with Gasteiger partial charge in [0, 0.05) is 32.2 Å². The predicted octanol–water partition coefficient (Wildman–Crippen LogP) is 2.65. The second-order valence-corrected chi connectivity index (χ2v) is 10.1. The molecule has 3 aliphatic rings. The van der Waals surface area contributed by atoms with Crippen LogP contribution in [0.4, 0.5) is 5.69 Å². The normalized spacial score (nSPS) is 18.8. The molecule has 2 aromatic carbocycles. The van der Waals surface area contributed by atoms with E-state index >= 15 is 0 Å². The molecule has 176 valence electrons. The summed E-state index contributed by atoms with van der Waals surface area (Å²) in [5.74, 6) is 0.737. The molecule has 10 heteroatoms. The van der Waals surface area contributed by atoms with Crippen molar-refractivity contribution in [2.24, 2.45) is 0 Å². The maximum Gasteiger partial charge on any atom is 0.345 e. The molecule has 2 aromatic rings. The minimum absolute atomic E-state index is 0.0963. The van der Waals surface area contributed by atoms with Crippen LogP contribution in [0.2, 0.25) is 0 Å². The fourth-order valence-corrected chi connectivity index (χ4v) is 5.82. The number of benzene rings is 2. The molecule has 3 aliphatic heterocycles. The summed E-state index contributed by atoms with van der Waals surface area (Å²) in [6.07, 6.45) is 2.70. The Kier molecular flexibility index (Phi) is 6.13. The van der Waals surface area contributed by atoms with E-state index in [0.717, 1.165) is 19.3 Å². The van der Waals surface area contributed by atoms with Crippen molar-refractivity contribution in [2.75, 3.05) is 51.1 Å². The Morgan fingerprint density at radius 2 is 1.64 bits per heavy atom. The van der Waals surface area contributed by atoms with Crippen LogP contribution in [0.25, 0.3) is 0 Å². The molecule has 0 bridgehead atoms. The van der Waals surface area contributed by atoms with Gasteiger partial charge in [0.15, 0.2) is 11.5 Å². The van der Waals surface area contributed by atoms with Gasteiger partial charge in [-0.3, -0.25) is 0 Å². The fraction of sp³-hybridized carbons (Fsp3) is 0.435. The van der Waals surface area contributed by atoms with Crippen molar-refractivity contribution in [3.8, 4) is 17.2 Å². The van der Waals surface area contributed by atoms with Crippen LogP contribution >= 0.6 is 0 Å². The number of esters is 1. The zero-order chi connectivity index (χ0) is 22.8. The topological polar surface area (TPSA) is 94.6 Å². The molecule has 0 aromatic heterocycles. The third-order valence-electron chi connectivity index (χ3n) is 6.05. The molecule has 33 heavy (non-hydrogen) atoms. The van der Waals surface area contributed by atoms with E-state index in [4.69, 9.17) is 18.9 Å². The first-order chi connectivity index (χ1) is 16.0. The van der Waals surface area contributed by atoms with Crippen molar-refractivity contribution in [3.63, 3.8) is 0 Å². The van der Waals surface area contributed by atoms with Gasteiger partial charge in [-0.1, -0.05) is 6.42 Å². The maximum atomic E-state index is 13.3. The Morgan fingerprint density at radius 3 is 2.42 bits per heavy atom. The first-order valence-electron chi connectivity index (χ1n) is 11.1. The lowest BCUT2D eigenvalue weighted by atomic mass is 10.1. The maximum absolute atomic E-state index is 13.3. The van der Waals surface area contributed by atoms with Crippen molar-refractivity contribution in [1.82, 2.24) is 4.31 Å². The highest BCUT2D eigenvalue weighted by Gasteiger charge is 2.29. The van der Waals surface area contributed by atoms with E-state index in [1.165, 1.54) is 10.4 Å². The second kappa shape index (κ2) is 9.20. The lowest BCUT2D eigenvalue weighted by molar-refractivity contribution is 0.0733. The number of anilines is 1. The number of rotatable bonds is 5. The van der Waals surface area contributed by atoms with E-state index in [-0.39, 0.29) is 17.3 Å². The summed E-state index contributed by atoms with van der Waals surface area (Å²) in [5.41, 5.74) is 0.828. The van der Waals surface area contributed by atoms with Gasteiger partial charge in [0.05, 0.1) is 29.4 Å². The molecule has 2 fully saturated rings. The molecule has 0 saturated carbocycles. The Morgan fingerprint density at radius 1 is 0.879 bits per heavy atom. The second-order valence-electron chi connectivity index (χ2n) is 8.15. The monoisotopic (exact) mass is 474 g/mol. The highest BCUT2D eigenvalue weighted by atomic mass is 32.2. The van der Waals surface area contributed by atoms with Gasteiger partial charge >= 0.3 is 5.97 Å². The number of hydrogen-bond acceptors (Lipinski definition) is 8. The molecule has 0 atom stereocenters. The molecule has 2 saturated heterocycles. The largest absolute Gasteiger partial charge is 0.454 e. The van der Waals surface area contributed by atoms with E-state index in [2.05, 4.69) is 0 Å². The average molecular weight is 475 g/mol. The minimum Gasteiger partial charge on any atom is -0.454 e. The number of sulfonamides is 1. The summed E-state index contributed by atoms with van der Waals surface area (Å²) in [6, 6.07) is 9.58. The van der Waals surface area contributed by atoms with Crippen LogP contribution < -0.4 is 19.1 Å². The Hall–Kier alpha value is -2.82. The average Bonchev–Trinajstić information content (AvgIpc) is 3.33. The first kappa shape index (κ1) is 22.0. The Bertz CT molecular complexity index is 1140. The fourth-order valence-electron chi connectivity index (χ4n) is 4.28. The van der Waals surface area contributed by atoms with Crippen molar-refractivity contribution >= 4 is 21.7 Å². The standard InChI is InChI=1S/C23H26N2O7S/c26-23(32-17-4-7-21-22(14-17)31-16-30-21)19-15-18(33(27,28)25-8-2-1-3-9-25)5-6-20(19)24-10-12-29-13-11-24/h4-7,14-15H,1-3,8-13,16H2. The van der Waals surface area contributed by atoms with Gasteiger partial charge in [0.1, 0.15) is 5.75 Å². The van der Waals surface area contributed by atoms with Gasteiger partial charge < -0.3 is 23.8 Å². The highest BCUT2D eigenvalue weighted by molar-refractivity contribution is 7.89. The van der Waals surface area contributed by atoms with Crippen LogP contribution in [-0.4, -0.2) is 64.9 Å². The number of piperidine rings is 1. The number of nitrogens with zero attached hydrogens (tertiary/aromatic N) is 2. The molecular weight excluding hydrogens is 448 g/mol. The van der Waals surface area contributed by atoms with Crippen molar-refractivity contribution < 1.29 is 32.2 Å². The lowest BCUT2D eigenvalue weighted by Gasteiger charge is -2.31. The third kappa shape index (κ3) is 4.50. The molecular formula is C23H26N2O7S. The van der Waals surface area contributed by atoms with Crippen molar-refractivity contribution in [2.45, 2.75) is 24.2 Å². The van der Waals surface area contributed by atoms with Crippen molar-refractivity contribution in [3.05, 3.63) is 42.0 Å². The van der Waals surface area contributed by atoms with E-state index in [9.17, 15) is 13.2 Å². The number of fused-ring (bicyclic) bond motifs is 1. The quantitative estimate of drug-likeness (QED) is 0.482. The summed E-state index contributed by atoms with van der Waals surface area (Å²) < 4.78 is 49.7. The molecule has 0 radical (unpaired) electrons. The molecule has 0 N–H and O–H groups in total. The van der Waals surface area contributed by atoms with Crippen LogP contribution in [-0.2, 0) is 14.8 Å². The smallest absolute Gasteiger partial charge is 0.345 e. The van der Waals surface area contributed by atoms with Crippen LogP contribution in [0.3, 0.4) is 0 Å². The van der Waals surface area contributed by atoms with Gasteiger partial charge in [-0.2, -0.15) is 4.31 Å². The summed E-state index contributed by atoms with van der Waals surface area (Å²) >= 11 is 0. The number of carbonyl (C=O) groups excluding carboxylic acids is 1. The van der Waals surface area contributed by atoms with Crippen LogP contribution in [0, 0.1) is 0 Å². The number of ether oxygens (including phenoxy) is 4. The van der Waals surface area contributed by atoms with E-state index in [1.54, 1.807) is 30.3 Å². The Balaban J connectivity index is 1.48. The van der Waals surface area contributed by atoms with Crippen LogP contribution in [0.1, 0.15) is 29.6 Å². The number of morpholine rings is 1. The third-order valence-corrected chi connectivity index (χ3v) is 7.94. The van der Waals surface area contributed by atoms with Gasteiger partial charge in [0.2, 0.25) is 16.8 Å². The predicted molar refractivity (Wildman–Crippen MR) is 120 cm³/mol. The molecule has 5 rings (SSSR count). The van der Waals surface area contributed by atoms with Gasteiger partial charge in [-0.05, 0) is 43.2 Å².